The molecule has 2 unspecified atom stereocenters. The van der Waals surface area contributed by atoms with E-state index in [0.29, 0.717) is 31.8 Å². The molecule has 0 aromatic carbocycles. The number of rotatable bonds is 13. The highest BCUT2D eigenvalue weighted by atomic mass is 16.5. The molecule has 2 fully saturated rings. The predicted octanol–water partition coefficient (Wildman–Crippen LogP) is 6.06. The van der Waals surface area contributed by atoms with Crippen LogP contribution in [0.15, 0.2) is 0 Å². The summed E-state index contributed by atoms with van der Waals surface area (Å²) in [6.45, 7) is 6.51. The smallest absolute Gasteiger partial charge is 0.308 e. The van der Waals surface area contributed by atoms with Crippen LogP contribution in [-0.2, 0) is 19.0 Å². The van der Waals surface area contributed by atoms with Crippen LogP contribution in [0.5, 0.6) is 0 Å². The second kappa shape index (κ2) is 14.4. The van der Waals surface area contributed by atoms with Crippen molar-refractivity contribution < 1.29 is 19.0 Å². The second-order valence-corrected chi connectivity index (χ2v) is 8.95. The van der Waals surface area contributed by atoms with Gasteiger partial charge in [-0.1, -0.05) is 58.8 Å². The molecule has 0 aromatic heterocycles. The van der Waals surface area contributed by atoms with Crippen LogP contribution >= 0.6 is 0 Å². The standard InChI is InChI=1S/C24H44O4/c1-3-4-5-6-7-10-17-28-24(25)21-13-15-22(16-14-21)26-18-19-27-23-12-9-8-11-20(23)2/h20-23H,3-19H2,1-2H3. The summed E-state index contributed by atoms with van der Waals surface area (Å²) in [5.41, 5.74) is 0. The van der Waals surface area contributed by atoms with Gasteiger partial charge in [0.15, 0.2) is 0 Å². The van der Waals surface area contributed by atoms with Crippen LogP contribution in [0.3, 0.4) is 0 Å². The second-order valence-electron chi connectivity index (χ2n) is 8.95. The van der Waals surface area contributed by atoms with Gasteiger partial charge in [0.05, 0.1) is 37.9 Å². The molecule has 2 saturated carbocycles. The van der Waals surface area contributed by atoms with Crippen molar-refractivity contribution in [1.29, 1.82) is 0 Å². The molecule has 0 amide bonds. The molecule has 0 heterocycles. The lowest BCUT2D eigenvalue weighted by atomic mass is 9.87. The van der Waals surface area contributed by atoms with E-state index < -0.39 is 0 Å². The van der Waals surface area contributed by atoms with Crippen molar-refractivity contribution in [2.45, 2.75) is 116 Å². The minimum atomic E-state index is 0.0154. The largest absolute Gasteiger partial charge is 0.465 e. The van der Waals surface area contributed by atoms with Crippen LogP contribution in [0.4, 0.5) is 0 Å². The molecule has 2 aliphatic rings. The summed E-state index contributed by atoms with van der Waals surface area (Å²) in [7, 11) is 0. The Kier molecular flexibility index (Phi) is 12.2. The summed E-state index contributed by atoms with van der Waals surface area (Å²) >= 11 is 0. The lowest BCUT2D eigenvalue weighted by molar-refractivity contribution is -0.151. The zero-order valence-corrected chi connectivity index (χ0v) is 18.5. The van der Waals surface area contributed by atoms with E-state index in [1.807, 2.05) is 0 Å². The average molecular weight is 397 g/mol. The monoisotopic (exact) mass is 396 g/mol. The maximum Gasteiger partial charge on any atom is 0.308 e. The van der Waals surface area contributed by atoms with Gasteiger partial charge in [-0.2, -0.15) is 0 Å². The highest BCUT2D eigenvalue weighted by molar-refractivity contribution is 5.72. The van der Waals surface area contributed by atoms with E-state index in [2.05, 4.69) is 13.8 Å². The molecule has 2 rings (SSSR count). The molecule has 2 atom stereocenters. The molecule has 0 saturated heterocycles. The van der Waals surface area contributed by atoms with E-state index in [1.54, 1.807) is 0 Å². The molecule has 0 aliphatic heterocycles. The van der Waals surface area contributed by atoms with Gasteiger partial charge in [0, 0.05) is 0 Å². The molecule has 28 heavy (non-hydrogen) atoms. The van der Waals surface area contributed by atoms with Crippen LogP contribution < -0.4 is 0 Å². The van der Waals surface area contributed by atoms with Gasteiger partial charge in [0.1, 0.15) is 0 Å². The number of esters is 1. The van der Waals surface area contributed by atoms with Crippen molar-refractivity contribution in [3.8, 4) is 0 Å². The summed E-state index contributed by atoms with van der Waals surface area (Å²) in [5.74, 6) is 0.785. The Morgan fingerprint density at radius 3 is 2.21 bits per heavy atom. The van der Waals surface area contributed by atoms with Crippen LogP contribution in [-0.4, -0.2) is 38.0 Å². The summed E-state index contributed by atoms with van der Waals surface area (Å²) in [6, 6.07) is 0. The predicted molar refractivity (Wildman–Crippen MR) is 113 cm³/mol. The molecular weight excluding hydrogens is 352 g/mol. The Morgan fingerprint density at radius 1 is 0.786 bits per heavy atom. The molecular formula is C24H44O4. The molecule has 164 valence electrons. The first-order valence-corrected chi connectivity index (χ1v) is 12.1. The number of carbonyl (C=O) groups excluding carboxylic acids is 1. The van der Waals surface area contributed by atoms with E-state index in [0.717, 1.165) is 32.1 Å². The number of hydrogen-bond donors (Lipinski definition) is 0. The van der Waals surface area contributed by atoms with Gasteiger partial charge in [-0.3, -0.25) is 4.79 Å². The fourth-order valence-electron chi connectivity index (χ4n) is 4.58. The van der Waals surface area contributed by atoms with Crippen LogP contribution in [0, 0.1) is 11.8 Å². The Labute approximate surface area is 173 Å². The molecule has 2 aliphatic carbocycles. The first kappa shape index (κ1) is 23.7. The Hall–Kier alpha value is -0.610. The van der Waals surface area contributed by atoms with Gasteiger partial charge in [-0.05, 0) is 50.9 Å². The minimum absolute atomic E-state index is 0.0154. The molecule has 4 nitrogen and oxygen atoms in total. The SMILES string of the molecule is CCCCCCCCOC(=O)C1CCC(OCCOC2CCCCC2C)CC1. The van der Waals surface area contributed by atoms with Crippen molar-refractivity contribution in [2.75, 3.05) is 19.8 Å². The summed E-state index contributed by atoms with van der Waals surface area (Å²) < 4.78 is 17.5. The Morgan fingerprint density at radius 2 is 1.46 bits per heavy atom. The zero-order valence-electron chi connectivity index (χ0n) is 18.5. The van der Waals surface area contributed by atoms with Gasteiger partial charge >= 0.3 is 5.97 Å². The third kappa shape index (κ3) is 9.26. The van der Waals surface area contributed by atoms with Gasteiger partial charge in [0.2, 0.25) is 0 Å². The molecule has 0 bridgehead atoms. The van der Waals surface area contributed by atoms with Crippen molar-refractivity contribution in [1.82, 2.24) is 0 Å². The lowest BCUT2D eigenvalue weighted by Crippen LogP contribution is -2.30. The summed E-state index contributed by atoms with van der Waals surface area (Å²) in [6.07, 6.45) is 16.9. The summed E-state index contributed by atoms with van der Waals surface area (Å²) in [5, 5.41) is 0. The fourth-order valence-corrected chi connectivity index (χ4v) is 4.58. The normalized spacial score (nSPS) is 28.2. The van der Waals surface area contributed by atoms with Gasteiger partial charge in [-0.15, -0.1) is 0 Å². The molecule has 0 aromatic rings. The molecule has 0 spiro atoms. The maximum atomic E-state index is 12.2. The lowest BCUT2D eigenvalue weighted by Gasteiger charge is -2.30. The number of unbranched alkanes of at least 4 members (excludes halogenated alkanes) is 5. The van der Waals surface area contributed by atoms with Gasteiger partial charge < -0.3 is 14.2 Å². The third-order valence-corrected chi connectivity index (χ3v) is 6.55. The highest BCUT2D eigenvalue weighted by Crippen LogP contribution is 2.28. The van der Waals surface area contributed by atoms with Crippen molar-refractivity contribution in [3.05, 3.63) is 0 Å². The van der Waals surface area contributed by atoms with Crippen LogP contribution in [0.25, 0.3) is 0 Å². The zero-order chi connectivity index (χ0) is 20.0. The van der Waals surface area contributed by atoms with Crippen molar-refractivity contribution in [2.24, 2.45) is 11.8 Å². The van der Waals surface area contributed by atoms with E-state index in [4.69, 9.17) is 14.2 Å². The van der Waals surface area contributed by atoms with Crippen LogP contribution in [0.2, 0.25) is 0 Å². The quantitative estimate of drug-likeness (QED) is 0.280. The minimum Gasteiger partial charge on any atom is -0.465 e. The van der Waals surface area contributed by atoms with Crippen molar-refractivity contribution >= 4 is 5.97 Å². The summed E-state index contributed by atoms with van der Waals surface area (Å²) in [4.78, 5) is 12.2. The third-order valence-electron chi connectivity index (χ3n) is 6.55. The first-order chi connectivity index (χ1) is 13.7. The van der Waals surface area contributed by atoms with Crippen molar-refractivity contribution in [3.63, 3.8) is 0 Å². The van der Waals surface area contributed by atoms with E-state index in [-0.39, 0.29) is 18.0 Å². The van der Waals surface area contributed by atoms with E-state index in [9.17, 15) is 4.79 Å². The Bertz CT molecular complexity index is 403. The average Bonchev–Trinajstić information content (AvgIpc) is 2.72. The molecule has 0 radical (unpaired) electrons. The topological polar surface area (TPSA) is 44.8 Å². The number of hydrogen-bond acceptors (Lipinski definition) is 4. The molecule has 4 heteroatoms. The highest BCUT2D eigenvalue weighted by Gasteiger charge is 2.28. The Balaban J connectivity index is 1.46. The molecule has 0 N–H and O–H groups in total. The van der Waals surface area contributed by atoms with Gasteiger partial charge in [0.25, 0.3) is 0 Å². The first-order valence-electron chi connectivity index (χ1n) is 12.1. The van der Waals surface area contributed by atoms with E-state index in [1.165, 1.54) is 57.8 Å². The van der Waals surface area contributed by atoms with Gasteiger partial charge in [-0.25, -0.2) is 0 Å². The number of ether oxygens (including phenoxy) is 3. The fraction of sp³-hybridized carbons (Fsp3) is 0.958. The van der Waals surface area contributed by atoms with Crippen LogP contribution in [0.1, 0.15) is 104 Å². The maximum absolute atomic E-state index is 12.2. The number of carbonyl (C=O) groups is 1. The van der Waals surface area contributed by atoms with E-state index >= 15 is 0 Å².